The summed E-state index contributed by atoms with van der Waals surface area (Å²) < 4.78 is 0. The highest BCUT2D eigenvalue weighted by atomic mass is 32.2. The lowest BCUT2D eigenvalue weighted by atomic mass is 9.99. The van der Waals surface area contributed by atoms with E-state index in [4.69, 9.17) is 11.5 Å². The minimum atomic E-state index is -1.20. The molecule has 0 aliphatic heterocycles. The molecule has 0 aromatic heterocycles. The van der Waals surface area contributed by atoms with Gasteiger partial charge in [0.25, 0.3) is 0 Å². The van der Waals surface area contributed by atoms with Crippen molar-refractivity contribution in [1.29, 1.82) is 0 Å². The molecule has 4 amide bonds. The van der Waals surface area contributed by atoms with Gasteiger partial charge < -0.3 is 32.5 Å². The van der Waals surface area contributed by atoms with Crippen LogP contribution >= 0.6 is 11.8 Å². The highest BCUT2D eigenvalue weighted by Gasteiger charge is 2.32. The Kier molecular flexibility index (Phi) is 13.6. The molecule has 0 radical (unpaired) electrons. The van der Waals surface area contributed by atoms with Crippen molar-refractivity contribution in [3.8, 4) is 0 Å². The van der Waals surface area contributed by atoms with Crippen LogP contribution in [0.2, 0.25) is 0 Å². The summed E-state index contributed by atoms with van der Waals surface area (Å²) in [5, 5.41) is 17.0. The number of thioether (sulfide) groups is 1. The van der Waals surface area contributed by atoms with Gasteiger partial charge in [-0.15, -0.1) is 0 Å². The van der Waals surface area contributed by atoms with Crippen molar-refractivity contribution in [2.24, 2.45) is 23.3 Å². The predicted molar refractivity (Wildman–Crippen MR) is 123 cm³/mol. The van der Waals surface area contributed by atoms with Gasteiger partial charge in [-0.05, 0) is 36.7 Å². The van der Waals surface area contributed by atoms with E-state index in [1.54, 1.807) is 13.8 Å². The number of primary amides is 1. The second kappa shape index (κ2) is 14.7. The summed E-state index contributed by atoms with van der Waals surface area (Å²) in [4.78, 5) is 60.4. The quantitative estimate of drug-likeness (QED) is 0.177. The minimum absolute atomic E-state index is 0.0246. The van der Waals surface area contributed by atoms with E-state index in [0.29, 0.717) is 5.75 Å². The van der Waals surface area contributed by atoms with E-state index in [1.807, 2.05) is 20.1 Å². The molecule has 0 aliphatic carbocycles. The summed E-state index contributed by atoms with van der Waals surface area (Å²) in [6, 6.07) is -4.29. The zero-order valence-corrected chi connectivity index (χ0v) is 20.2. The van der Waals surface area contributed by atoms with E-state index in [1.165, 1.54) is 11.8 Å². The highest BCUT2D eigenvalue weighted by molar-refractivity contribution is 7.98. The molecule has 4 unspecified atom stereocenters. The zero-order chi connectivity index (χ0) is 25.0. The number of nitrogens with one attached hydrogen (secondary N) is 3. The van der Waals surface area contributed by atoms with Gasteiger partial charge in [-0.25, -0.2) is 4.79 Å². The molecular weight excluding hydrogens is 438 g/mol. The summed E-state index contributed by atoms with van der Waals surface area (Å²) in [5.74, 6) is -3.63. The molecule has 0 heterocycles. The molecule has 8 N–H and O–H groups in total. The third kappa shape index (κ3) is 11.3. The molecule has 32 heavy (non-hydrogen) atoms. The molecule has 12 heteroatoms. The molecule has 0 spiro atoms. The van der Waals surface area contributed by atoms with E-state index in [9.17, 15) is 29.1 Å². The number of carbonyl (C=O) groups is 5. The van der Waals surface area contributed by atoms with E-state index >= 15 is 0 Å². The number of hydrogen-bond acceptors (Lipinski definition) is 7. The van der Waals surface area contributed by atoms with Crippen LogP contribution in [0.15, 0.2) is 0 Å². The van der Waals surface area contributed by atoms with E-state index < -0.39 is 53.8 Å². The molecule has 4 atom stereocenters. The Bertz CT molecular complexity index is 673. The smallest absolute Gasteiger partial charge is 0.326 e. The summed E-state index contributed by atoms with van der Waals surface area (Å²) in [7, 11) is 0. The minimum Gasteiger partial charge on any atom is -0.480 e. The van der Waals surface area contributed by atoms with Crippen LogP contribution in [0, 0.1) is 11.8 Å². The van der Waals surface area contributed by atoms with Crippen molar-refractivity contribution in [2.75, 3.05) is 12.0 Å². The van der Waals surface area contributed by atoms with Crippen LogP contribution in [-0.4, -0.2) is 70.9 Å². The maximum Gasteiger partial charge on any atom is 0.326 e. The largest absolute Gasteiger partial charge is 0.480 e. The Hall–Kier alpha value is -2.34. The highest BCUT2D eigenvalue weighted by Crippen LogP contribution is 2.10. The number of hydrogen-bond donors (Lipinski definition) is 6. The number of carbonyl (C=O) groups excluding carboxylic acids is 4. The van der Waals surface area contributed by atoms with E-state index in [0.717, 1.165) is 0 Å². The second-order valence-electron chi connectivity index (χ2n) is 8.38. The molecule has 184 valence electrons. The van der Waals surface area contributed by atoms with Crippen LogP contribution in [0.1, 0.15) is 47.0 Å². The van der Waals surface area contributed by atoms with Crippen molar-refractivity contribution in [3.63, 3.8) is 0 Å². The lowest BCUT2D eigenvalue weighted by Gasteiger charge is -2.27. The number of amides is 4. The molecule has 0 bridgehead atoms. The standard InChI is InChI=1S/C20H37N5O6S/c1-10(2)8-14(18(28)23-13(20(30)31)6-7-32-5)24-19(29)16(11(3)4)25-17(27)12(21)9-15(22)26/h10-14,16H,6-9,21H2,1-5H3,(H2,22,26)(H,23,28)(H,24,29)(H,25,27)(H,30,31). The molecule has 0 saturated heterocycles. The summed E-state index contributed by atoms with van der Waals surface area (Å²) in [6.07, 6.45) is 1.97. The van der Waals surface area contributed by atoms with Gasteiger partial charge in [0.2, 0.25) is 23.6 Å². The van der Waals surface area contributed by atoms with Crippen LogP contribution in [0.4, 0.5) is 0 Å². The first-order chi connectivity index (χ1) is 14.8. The molecule has 0 aromatic carbocycles. The molecule has 0 aliphatic rings. The second-order valence-corrected chi connectivity index (χ2v) is 9.36. The monoisotopic (exact) mass is 475 g/mol. The maximum absolute atomic E-state index is 12.9. The van der Waals surface area contributed by atoms with Crippen molar-refractivity contribution in [2.45, 2.75) is 71.1 Å². The van der Waals surface area contributed by atoms with Gasteiger partial charge in [0.1, 0.15) is 18.1 Å². The van der Waals surface area contributed by atoms with E-state index in [2.05, 4.69) is 16.0 Å². The third-order valence-electron chi connectivity index (χ3n) is 4.57. The number of nitrogens with two attached hydrogens (primary N) is 2. The molecular formula is C20H37N5O6S. The SMILES string of the molecule is CSCCC(NC(=O)C(CC(C)C)NC(=O)C(NC(=O)C(N)CC(N)=O)C(C)C)C(=O)O. The number of rotatable bonds is 15. The summed E-state index contributed by atoms with van der Waals surface area (Å²) in [5.41, 5.74) is 10.7. The van der Waals surface area contributed by atoms with E-state index in [-0.39, 0.29) is 31.1 Å². The Labute approximate surface area is 193 Å². The Morgan fingerprint density at radius 2 is 1.47 bits per heavy atom. The first kappa shape index (κ1) is 29.7. The van der Waals surface area contributed by atoms with Gasteiger partial charge in [-0.2, -0.15) is 11.8 Å². The average Bonchev–Trinajstić information content (AvgIpc) is 2.66. The molecule has 0 rings (SSSR count). The van der Waals surface area contributed by atoms with Gasteiger partial charge in [-0.1, -0.05) is 27.7 Å². The summed E-state index contributed by atoms with van der Waals surface area (Å²) in [6.45, 7) is 7.12. The van der Waals surface area contributed by atoms with Gasteiger partial charge >= 0.3 is 5.97 Å². The van der Waals surface area contributed by atoms with Crippen LogP contribution in [0.25, 0.3) is 0 Å². The van der Waals surface area contributed by atoms with Crippen molar-refractivity contribution in [1.82, 2.24) is 16.0 Å². The number of carboxylic acids is 1. The molecule has 0 aromatic rings. The fourth-order valence-electron chi connectivity index (χ4n) is 2.83. The first-order valence-corrected chi connectivity index (χ1v) is 11.9. The van der Waals surface area contributed by atoms with Gasteiger partial charge in [0.05, 0.1) is 12.5 Å². The Balaban J connectivity index is 5.40. The normalized spacial score (nSPS) is 14.9. The fourth-order valence-corrected chi connectivity index (χ4v) is 3.31. The van der Waals surface area contributed by atoms with Crippen LogP contribution < -0.4 is 27.4 Å². The number of carboxylic acid groups (broad SMARTS) is 1. The Morgan fingerprint density at radius 3 is 1.91 bits per heavy atom. The summed E-state index contributed by atoms with van der Waals surface area (Å²) >= 11 is 1.46. The van der Waals surface area contributed by atoms with Gasteiger partial charge in [0.15, 0.2) is 0 Å². The van der Waals surface area contributed by atoms with Gasteiger partial charge in [-0.3, -0.25) is 19.2 Å². The molecule has 11 nitrogen and oxygen atoms in total. The third-order valence-corrected chi connectivity index (χ3v) is 5.21. The van der Waals surface area contributed by atoms with Crippen LogP contribution in [0.3, 0.4) is 0 Å². The maximum atomic E-state index is 12.9. The van der Waals surface area contributed by atoms with Crippen molar-refractivity contribution in [3.05, 3.63) is 0 Å². The lowest BCUT2D eigenvalue weighted by Crippen LogP contribution is -2.58. The Morgan fingerprint density at radius 1 is 0.906 bits per heavy atom. The zero-order valence-electron chi connectivity index (χ0n) is 19.3. The fraction of sp³-hybridized carbons (Fsp3) is 0.750. The van der Waals surface area contributed by atoms with Crippen LogP contribution in [0.5, 0.6) is 0 Å². The van der Waals surface area contributed by atoms with Gasteiger partial charge in [0, 0.05) is 0 Å². The average molecular weight is 476 g/mol. The lowest BCUT2D eigenvalue weighted by molar-refractivity contribution is -0.142. The van der Waals surface area contributed by atoms with Crippen molar-refractivity contribution < 1.29 is 29.1 Å². The first-order valence-electron chi connectivity index (χ1n) is 10.5. The topological polar surface area (TPSA) is 194 Å². The van der Waals surface area contributed by atoms with Crippen LogP contribution in [-0.2, 0) is 24.0 Å². The van der Waals surface area contributed by atoms with Crippen molar-refractivity contribution >= 4 is 41.4 Å². The predicted octanol–water partition coefficient (Wildman–Crippen LogP) is -0.817. The number of aliphatic carboxylic acids is 1. The molecule has 0 saturated carbocycles. The molecule has 0 fully saturated rings.